The number of anilines is 1. The van der Waals surface area contributed by atoms with E-state index in [1.807, 2.05) is 38.1 Å². The standard InChI is InChI=1S/C23H24ClN4O2/c1-15-23(16(2)27(26-15)21-8-3-4-9-22(21)28(29)30)18-10-11-20(13-18)25-14-17-6-5-7-19(24)12-17/h3-12,18,20,25,29H,13-14H2,1-2H3/q-1/t18-,20+/m0/s1. The van der Waals surface area contributed by atoms with Gasteiger partial charge in [0.15, 0.2) is 0 Å². The fourth-order valence-electron chi connectivity index (χ4n) is 4.19. The first kappa shape index (κ1) is 20.6. The highest BCUT2D eigenvalue weighted by Gasteiger charge is 2.26. The Morgan fingerprint density at radius 1 is 1.20 bits per heavy atom. The molecule has 0 radical (unpaired) electrons. The summed E-state index contributed by atoms with van der Waals surface area (Å²) in [6.45, 7) is 4.73. The van der Waals surface area contributed by atoms with E-state index < -0.39 is 0 Å². The normalized spacial score (nSPS) is 18.2. The molecule has 0 bridgehead atoms. The molecular weight excluding hydrogens is 400 g/mol. The SMILES string of the molecule is Cc1nn(-c2ccccc2N([O-])O)c(C)c1[C@H]1C=C[C@@H](NCc2cccc(Cl)c2)C1. The number of halogens is 1. The van der Waals surface area contributed by atoms with Crippen LogP contribution in [0.25, 0.3) is 5.69 Å². The van der Waals surface area contributed by atoms with Crippen molar-refractivity contribution >= 4 is 17.3 Å². The summed E-state index contributed by atoms with van der Waals surface area (Å²) < 4.78 is 1.74. The van der Waals surface area contributed by atoms with Crippen LogP contribution >= 0.6 is 11.6 Å². The van der Waals surface area contributed by atoms with Gasteiger partial charge in [0.2, 0.25) is 0 Å². The lowest BCUT2D eigenvalue weighted by molar-refractivity contribution is 0.296. The summed E-state index contributed by atoms with van der Waals surface area (Å²) in [7, 11) is 0. The van der Waals surface area contributed by atoms with Crippen LogP contribution in [0.2, 0.25) is 5.02 Å². The van der Waals surface area contributed by atoms with Crippen LogP contribution in [0.1, 0.15) is 34.9 Å². The fraction of sp³-hybridized carbons (Fsp3) is 0.261. The van der Waals surface area contributed by atoms with Crippen LogP contribution in [0.5, 0.6) is 0 Å². The maximum atomic E-state index is 11.6. The number of benzene rings is 2. The van der Waals surface area contributed by atoms with Gasteiger partial charge in [-0.1, -0.05) is 48.0 Å². The van der Waals surface area contributed by atoms with E-state index in [0.29, 0.717) is 5.69 Å². The molecule has 30 heavy (non-hydrogen) atoms. The Bertz CT molecular complexity index is 1080. The number of para-hydroxylation sites is 2. The molecule has 0 saturated heterocycles. The Kier molecular flexibility index (Phi) is 5.92. The summed E-state index contributed by atoms with van der Waals surface area (Å²) in [6.07, 6.45) is 5.35. The predicted molar refractivity (Wildman–Crippen MR) is 119 cm³/mol. The van der Waals surface area contributed by atoms with Crippen molar-refractivity contribution in [3.05, 3.63) is 93.4 Å². The van der Waals surface area contributed by atoms with E-state index in [0.717, 1.165) is 40.5 Å². The summed E-state index contributed by atoms with van der Waals surface area (Å²) >= 11 is 6.07. The highest BCUT2D eigenvalue weighted by atomic mass is 35.5. The van der Waals surface area contributed by atoms with Crippen molar-refractivity contribution in [1.29, 1.82) is 0 Å². The van der Waals surface area contributed by atoms with Gasteiger partial charge < -0.3 is 15.8 Å². The minimum atomic E-state index is -0.114. The van der Waals surface area contributed by atoms with Gasteiger partial charge in [0.1, 0.15) is 0 Å². The number of aromatic nitrogens is 2. The molecule has 0 saturated carbocycles. The monoisotopic (exact) mass is 423 g/mol. The van der Waals surface area contributed by atoms with Gasteiger partial charge in [0.05, 0.1) is 17.1 Å². The van der Waals surface area contributed by atoms with Gasteiger partial charge in [-0.2, -0.15) is 5.10 Å². The van der Waals surface area contributed by atoms with Crippen LogP contribution < -0.4 is 10.5 Å². The molecule has 2 N–H and O–H groups in total. The van der Waals surface area contributed by atoms with Crippen LogP contribution in [-0.2, 0) is 6.54 Å². The Balaban J connectivity index is 1.52. The Morgan fingerprint density at radius 3 is 2.77 bits per heavy atom. The average Bonchev–Trinajstić information content (AvgIpc) is 3.30. The topological polar surface area (TPSA) is 76.4 Å². The molecule has 0 fully saturated rings. The van der Waals surface area contributed by atoms with E-state index in [9.17, 15) is 10.4 Å². The molecule has 2 atom stereocenters. The highest BCUT2D eigenvalue weighted by Crippen LogP contribution is 2.35. The molecule has 4 rings (SSSR count). The maximum Gasteiger partial charge on any atom is 0.0895 e. The minimum Gasteiger partial charge on any atom is -0.733 e. The first-order valence-corrected chi connectivity index (χ1v) is 10.3. The first-order valence-electron chi connectivity index (χ1n) is 9.92. The molecule has 0 unspecified atom stereocenters. The lowest BCUT2D eigenvalue weighted by atomic mass is 9.96. The maximum absolute atomic E-state index is 11.6. The molecule has 156 valence electrons. The molecule has 0 amide bonds. The summed E-state index contributed by atoms with van der Waals surface area (Å²) in [5, 5.41) is 29.9. The van der Waals surface area contributed by atoms with Crippen LogP contribution in [0, 0.1) is 19.1 Å². The van der Waals surface area contributed by atoms with Crippen molar-refractivity contribution in [1.82, 2.24) is 15.1 Å². The largest absolute Gasteiger partial charge is 0.733 e. The van der Waals surface area contributed by atoms with Gasteiger partial charge >= 0.3 is 0 Å². The molecule has 7 heteroatoms. The Morgan fingerprint density at radius 2 is 2.00 bits per heavy atom. The van der Waals surface area contributed by atoms with Gasteiger partial charge in [-0.3, -0.25) is 5.21 Å². The molecule has 1 aliphatic rings. The Labute approximate surface area is 180 Å². The van der Waals surface area contributed by atoms with Gasteiger partial charge in [-0.05, 0) is 50.1 Å². The lowest BCUT2D eigenvalue weighted by Gasteiger charge is -2.24. The minimum absolute atomic E-state index is 0.114. The van der Waals surface area contributed by atoms with Gasteiger partial charge in [-0.15, -0.1) is 0 Å². The van der Waals surface area contributed by atoms with E-state index in [4.69, 9.17) is 11.6 Å². The van der Waals surface area contributed by atoms with Crippen molar-refractivity contribution in [2.75, 3.05) is 5.23 Å². The van der Waals surface area contributed by atoms with Gasteiger partial charge in [-0.25, -0.2) is 4.68 Å². The second kappa shape index (κ2) is 8.62. The number of hydrogen-bond acceptors (Lipinski definition) is 5. The lowest BCUT2D eigenvalue weighted by Crippen LogP contribution is -2.25. The third kappa shape index (κ3) is 4.13. The average molecular weight is 424 g/mol. The van der Waals surface area contributed by atoms with Gasteiger partial charge in [0.25, 0.3) is 0 Å². The van der Waals surface area contributed by atoms with Crippen molar-refractivity contribution < 1.29 is 5.21 Å². The van der Waals surface area contributed by atoms with Crippen LogP contribution in [0.4, 0.5) is 5.69 Å². The molecule has 0 aliphatic heterocycles. The zero-order chi connectivity index (χ0) is 21.3. The predicted octanol–water partition coefficient (Wildman–Crippen LogP) is 5.04. The molecular formula is C23H24ClN4O2-. The summed E-state index contributed by atoms with van der Waals surface area (Å²) in [5.41, 5.74) is 4.91. The number of rotatable bonds is 6. The molecule has 0 spiro atoms. The highest BCUT2D eigenvalue weighted by molar-refractivity contribution is 6.30. The molecule has 3 aromatic rings. The van der Waals surface area contributed by atoms with Crippen LogP contribution in [0.3, 0.4) is 0 Å². The first-order chi connectivity index (χ1) is 14.4. The third-order valence-electron chi connectivity index (χ3n) is 5.58. The number of nitrogens with one attached hydrogen (secondary N) is 1. The van der Waals surface area contributed by atoms with Crippen molar-refractivity contribution in [3.8, 4) is 5.69 Å². The van der Waals surface area contributed by atoms with Crippen molar-refractivity contribution in [3.63, 3.8) is 0 Å². The van der Waals surface area contributed by atoms with E-state index in [1.54, 1.807) is 22.9 Å². The van der Waals surface area contributed by atoms with E-state index in [-0.39, 0.29) is 22.9 Å². The Hall–Kier alpha value is -2.64. The molecule has 6 nitrogen and oxygen atoms in total. The molecule has 1 heterocycles. The van der Waals surface area contributed by atoms with Crippen LogP contribution in [0.15, 0.2) is 60.7 Å². The molecule has 2 aromatic carbocycles. The zero-order valence-corrected chi connectivity index (χ0v) is 17.7. The van der Waals surface area contributed by atoms with Crippen molar-refractivity contribution in [2.45, 2.75) is 38.8 Å². The smallest absolute Gasteiger partial charge is 0.0895 e. The third-order valence-corrected chi connectivity index (χ3v) is 5.81. The van der Waals surface area contributed by atoms with Crippen molar-refractivity contribution in [2.24, 2.45) is 0 Å². The fourth-order valence-corrected chi connectivity index (χ4v) is 4.40. The summed E-state index contributed by atoms with van der Waals surface area (Å²) in [6, 6.07) is 15.0. The van der Waals surface area contributed by atoms with E-state index >= 15 is 0 Å². The summed E-state index contributed by atoms with van der Waals surface area (Å²) in [4.78, 5) is 0. The number of hydrogen-bond donors (Lipinski definition) is 2. The molecule has 1 aromatic heterocycles. The second-order valence-electron chi connectivity index (χ2n) is 7.60. The zero-order valence-electron chi connectivity index (χ0n) is 16.9. The summed E-state index contributed by atoms with van der Waals surface area (Å²) in [5.74, 6) is 0.236. The molecule has 1 aliphatic carbocycles. The van der Waals surface area contributed by atoms with E-state index in [1.165, 1.54) is 0 Å². The number of nitrogens with zero attached hydrogens (tertiary/aromatic N) is 3. The second-order valence-corrected chi connectivity index (χ2v) is 8.04. The van der Waals surface area contributed by atoms with Gasteiger partial charge in [0, 0.05) is 34.8 Å². The quantitative estimate of drug-likeness (QED) is 0.429. The van der Waals surface area contributed by atoms with E-state index in [2.05, 4.69) is 28.6 Å². The van der Waals surface area contributed by atoms with Crippen LogP contribution in [-0.4, -0.2) is 21.0 Å². The number of allylic oxidation sites excluding steroid dienone is 1. The number of aryl methyl sites for hydroxylation is 1.